The lowest BCUT2D eigenvalue weighted by molar-refractivity contribution is -0.142. The van der Waals surface area contributed by atoms with Gasteiger partial charge in [-0.1, -0.05) is 0 Å². The number of hydrogen-bond donors (Lipinski definition) is 1. The van der Waals surface area contributed by atoms with Gasteiger partial charge in [0.25, 0.3) is 0 Å². The van der Waals surface area contributed by atoms with Crippen LogP contribution in [-0.2, 0) is 16.0 Å². The molecule has 0 aliphatic heterocycles. The van der Waals surface area contributed by atoms with Gasteiger partial charge in [-0.25, -0.2) is 0 Å². The average molecular weight is 245 g/mol. The Balaban J connectivity index is 2.45. The number of phenolic OH excluding ortho intramolecular Hbond substituents is 1. The fourth-order valence-corrected chi connectivity index (χ4v) is 1.76. The summed E-state index contributed by atoms with van der Waals surface area (Å²) in [5.74, 6) is -0.410. The van der Waals surface area contributed by atoms with Crippen LogP contribution in [0, 0.1) is 11.3 Å². The summed E-state index contributed by atoms with van der Waals surface area (Å²) >= 11 is 0. The molecule has 0 fully saturated rings. The van der Waals surface area contributed by atoms with Crippen molar-refractivity contribution in [3.8, 4) is 11.8 Å². The van der Waals surface area contributed by atoms with E-state index in [1.807, 2.05) is 6.07 Å². The number of carbonyl (C=O) groups is 1. The third kappa shape index (κ3) is 2.13. The summed E-state index contributed by atoms with van der Waals surface area (Å²) in [5, 5.41) is 19.0. The van der Waals surface area contributed by atoms with Gasteiger partial charge in [0, 0.05) is 17.0 Å². The van der Waals surface area contributed by atoms with Gasteiger partial charge in [0.2, 0.25) is 0 Å². The predicted molar refractivity (Wildman–Crippen MR) is 62.9 cm³/mol. The van der Waals surface area contributed by atoms with E-state index < -0.39 is 0 Å². The number of nitriles is 1. The standard InChI is InChI=1S/C13H11NO4/c1-2-17-12(16)4-9-7-18-13-8(6-14)3-10(15)5-11(9)13/h3,5,7,15H,2,4H2,1H3. The SMILES string of the molecule is CCOC(=O)Cc1coc2c(C#N)cc(O)cc12. The number of aromatic hydroxyl groups is 1. The molecule has 0 aliphatic rings. The molecule has 1 aromatic carbocycles. The minimum atomic E-state index is -0.373. The topological polar surface area (TPSA) is 83.5 Å². The molecule has 1 heterocycles. The van der Waals surface area contributed by atoms with Gasteiger partial charge in [-0.05, 0) is 13.0 Å². The van der Waals surface area contributed by atoms with Gasteiger partial charge in [0.1, 0.15) is 11.8 Å². The minimum Gasteiger partial charge on any atom is -0.508 e. The molecule has 0 amide bonds. The zero-order valence-electron chi connectivity index (χ0n) is 9.77. The number of rotatable bonds is 3. The van der Waals surface area contributed by atoms with E-state index in [1.54, 1.807) is 6.92 Å². The summed E-state index contributed by atoms with van der Waals surface area (Å²) in [7, 11) is 0. The van der Waals surface area contributed by atoms with E-state index in [4.69, 9.17) is 14.4 Å². The highest BCUT2D eigenvalue weighted by atomic mass is 16.5. The van der Waals surface area contributed by atoms with Gasteiger partial charge < -0.3 is 14.3 Å². The quantitative estimate of drug-likeness (QED) is 0.837. The van der Waals surface area contributed by atoms with Crippen LogP contribution in [0.3, 0.4) is 0 Å². The van der Waals surface area contributed by atoms with E-state index in [-0.39, 0.29) is 23.7 Å². The Bertz CT molecular complexity index is 636. The molecule has 0 saturated carbocycles. The Kier molecular flexibility index (Phi) is 3.20. The lowest BCUT2D eigenvalue weighted by Gasteiger charge is -2.00. The molecular formula is C13H11NO4. The van der Waals surface area contributed by atoms with Crippen molar-refractivity contribution in [2.45, 2.75) is 13.3 Å². The molecule has 0 spiro atoms. The van der Waals surface area contributed by atoms with Crippen LogP contribution in [0.4, 0.5) is 0 Å². The van der Waals surface area contributed by atoms with E-state index in [0.717, 1.165) is 0 Å². The lowest BCUT2D eigenvalue weighted by Crippen LogP contribution is -2.06. The highest BCUT2D eigenvalue weighted by molar-refractivity contribution is 5.90. The molecule has 92 valence electrons. The summed E-state index contributed by atoms with van der Waals surface area (Å²) < 4.78 is 10.1. The highest BCUT2D eigenvalue weighted by Gasteiger charge is 2.14. The van der Waals surface area contributed by atoms with Gasteiger partial charge in [-0.2, -0.15) is 5.26 Å². The van der Waals surface area contributed by atoms with Crippen molar-refractivity contribution in [2.75, 3.05) is 6.61 Å². The van der Waals surface area contributed by atoms with Gasteiger partial charge >= 0.3 is 5.97 Å². The molecule has 0 unspecified atom stereocenters. The van der Waals surface area contributed by atoms with Crippen molar-refractivity contribution in [1.29, 1.82) is 5.26 Å². The van der Waals surface area contributed by atoms with E-state index in [1.165, 1.54) is 18.4 Å². The molecule has 1 N–H and O–H groups in total. The van der Waals surface area contributed by atoms with Crippen molar-refractivity contribution in [2.24, 2.45) is 0 Å². The van der Waals surface area contributed by atoms with Crippen LogP contribution in [0.1, 0.15) is 18.1 Å². The molecule has 2 rings (SSSR count). The van der Waals surface area contributed by atoms with Crippen molar-refractivity contribution < 1.29 is 19.1 Å². The van der Waals surface area contributed by atoms with Crippen LogP contribution in [0.5, 0.6) is 5.75 Å². The van der Waals surface area contributed by atoms with E-state index in [9.17, 15) is 9.90 Å². The summed E-state index contributed by atoms with van der Waals surface area (Å²) in [6, 6.07) is 4.72. The Morgan fingerprint density at radius 2 is 2.33 bits per heavy atom. The van der Waals surface area contributed by atoms with Gasteiger partial charge in [-0.15, -0.1) is 0 Å². The van der Waals surface area contributed by atoms with Gasteiger partial charge in [0.05, 0.1) is 24.9 Å². The van der Waals surface area contributed by atoms with Crippen molar-refractivity contribution in [1.82, 2.24) is 0 Å². The number of esters is 1. The number of nitrogens with zero attached hydrogens (tertiary/aromatic N) is 1. The third-order valence-corrected chi connectivity index (χ3v) is 2.50. The zero-order chi connectivity index (χ0) is 13.1. The Labute approximate surface area is 103 Å². The summed E-state index contributed by atoms with van der Waals surface area (Å²) in [4.78, 5) is 11.4. The van der Waals surface area contributed by atoms with Crippen molar-refractivity contribution >= 4 is 16.9 Å². The number of phenols is 1. The fourth-order valence-electron chi connectivity index (χ4n) is 1.76. The summed E-state index contributed by atoms with van der Waals surface area (Å²) in [6.07, 6.45) is 1.46. The first-order valence-electron chi connectivity index (χ1n) is 5.44. The molecule has 1 aromatic heterocycles. The molecule has 2 aromatic rings. The lowest BCUT2D eigenvalue weighted by atomic mass is 10.1. The average Bonchev–Trinajstić information content (AvgIpc) is 2.72. The molecular weight excluding hydrogens is 234 g/mol. The number of benzene rings is 1. The van der Waals surface area contributed by atoms with E-state index >= 15 is 0 Å². The van der Waals surface area contributed by atoms with Crippen LogP contribution < -0.4 is 0 Å². The number of ether oxygens (including phenoxy) is 1. The molecule has 5 nitrogen and oxygen atoms in total. The number of hydrogen-bond acceptors (Lipinski definition) is 5. The number of carbonyl (C=O) groups excluding carboxylic acids is 1. The Morgan fingerprint density at radius 1 is 1.56 bits per heavy atom. The molecule has 18 heavy (non-hydrogen) atoms. The largest absolute Gasteiger partial charge is 0.508 e. The van der Waals surface area contributed by atoms with Crippen molar-refractivity contribution in [3.05, 3.63) is 29.5 Å². The summed E-state index contributed by atoms with van der Waals surface area (Å²) in [5.41, 5.74) is 1.20. The van der Waals surface area contributed by atoms with Crippen LogP contribution in [0.15, 0.2) is 22.8 Å². The second-order valence-electron chi connectivity index (χ2n) is 3.72. The molecule has 0 aliphatic carbocycles. The molecule has 0 radical (unpaired) electrons. The third-order valence-electron chi connectivity index (χ3n) is 2.50. The molecule has 0 saturated heterocycles. The Morgan fingerprint density at radius 3 is 3.00 bits per heavy atom. The predicted octanol–water partition coefficient (Wildman–Crippen LogP) is 2.12. The van der Waals surface area contributed by atoms with Crippen LogP contribution in [0.25, 0.3) is 11.0 Å². The number of fused-ring (bicyclic) bond motifs is 1. The van der Waals surface area contributed by atoms with Crippen molar-refractivity contribution in [3.63, 3.8) is 0 Å². The van der Waals surface area contributed by atoms with Gasteiger partial charge in [-0.3, -0.25) is 4.79 Å². The van der Waals surface area contributed by atoms with Gasteiger partial charge in [0.15, 0.2) is 5.58 Å². The molecule has 5 heteroatoms. The van der Waals surface area contributed by atoms with E-state index in [0.29, 0.717) is 23.1 Å². The maximum atomic E-state index is 11.4. The first-order valence-corrected chi connectivity index (χ1v) is 5.44. The number of furan rings is 1. The van der Waals surface area contributed by atoms with Crippen LogP contribution in [0.2, 0.25) is 0 Å². The Hall–Kier alpha value is -2.48. The second-order valence-corrected chi connectivity index (χ2v) is 3.72. The normalized spacial score (nSPS) is 10.2. The highest BCUT2D eigenvalue weighted by Crippen LogP contribution is 2.29. The minimum absolute atomic E-state index is 0.0365. The smallest absolute Gasteiger partial charge is 0.310 e. The maximum absolute atomic E-state index is 11.4. The first-order chi connectivity index (χ1) is 8.65. The maximum Gasteiger partial charge on any atom is 0.310 e. The second kappa shape index (κ2) is 4.80. The summed E-state index contributed by atoms with van der Waals surface area (Å²) in [6.45, 7) is 2.04. The van der Waals surface area contributed by atoms with Crippen LogP contribution >= 0.6 is 0 Å². The van der Waals surface area contributed by atoms with E-state index in [2.05, 4.69) is 0 Å². The zero-order valence-corrected chi connectivity index (χ0v) is 9.77. The molecule has 0 atom stereocenters. The monoisotopic (exact) mass is 245 g/mol. The molecule has 0 bridgehead atoms. The van der Waals surface area contributed by atoms with Crippen LogP contribution in [-0.4, -0.2) is 17.7 Å². The fraction of sp³-hybridized carbons (Fsp3) is 0.231. The first kappa shape index (κ1) is 12.0.